The number of nitriles is 1. The molecule has 1 fully saturated rings. The summed E-state index contributed by atoms with van der Waals surface area (Å²) in [6.45, 7) is 5.54. The average molecular weight is 430 g/mol. The summed E-state index contributed by atoms with van der Waals surface area (Å²) in [6.07, 6.45) is 1.04. The standard InChI is InChI=1S/C24H22N4O4/c1-15-11-16(2)14-26(13-15)22-21(18-5-9-20(10-6-18)28(31)32)23(29)27(24(22)30)19-7-3-17(12-25)4-8-19/h3-10,15-16H,11,13-14H2,1-2H3. The summed E-state index contributed by atoms with van der Waals surface area (Å²) < 4.78 is 0. The maximum atomic E-state index is 13.6. The van der Waals surface area contributed by atoms with Gasteiger partial charge in [-0.3, -0.25) is 19.7 Å². The number of anilines is 1. The fourth-order valence-electron chi connectivity index (χ4n) is 4.59. The predicted octanol–water partition coefficient (Wildman–Crippen LogP) is 3.73. The van der Waals surface area contributed by atoms with Crippen molar-refractivity contribution in [1.82, 2.24) is 4.90 Å². The maximum Gasteiger partial charge on any atom is 0.282 e. The molecule has 0 radical (unpaired) electrons. The third-order valence-electron chi connectivity index (χ3n) is 5.87. The lowest BCUT2D eigenvalue weighted by Crippen LogP contribution is -2.42. The Morgan fingerprint density at radius 1 is 0.969 bits per heavy atom. The van der Waals surface area contributed by atoms with Crippen molar-refractivity contribution in [1.29, 1.82) is 5.26 Å². The molecule has 2 aromatic carbocycles. The minimum atomic E-state index is -0.502. The molecule has 2 amide bonds. The number of nitro benzene ring substituents is 1. The first-order chi connectivity index (χ1) is 15.3. The topological polar surface area (TPSA) is 108 Å². The lowest BCUT2D eigenvalue weighted by Gasteiger charge is -2.37. The van der Waals surface area contributed by atoms with Crippen LogP contribution in [0.4, 0.5) is 11.4 Å². The summed E-state index contributed by atoms with van der Waals surface area (Å²) in [5, 5.41) is 20.1. The van der Waals surface area contributed by atoms with E-state index in [2.05, 4.69) is 13.8 Å². The van der Waals surface area contributed by atoms with Crippen LogP contribution in [0.15, 0.2) is 54.2 Å². The van der Waals surface area contributed by atoms with Gasteiger partial charge in [0.1, 0.15) is 5.70 Å². The number of amides is 2. The van der Waals surface area contributed by atoms with Crippen LogP contribution in [0.5, 0.6) is 0 Å². The van der Waals surface area contributed by atoms with Crippen LogP contribution in [0.2, 0.25) is 0 Å². The maximum absolute atomic E-state index is 13.6. The van der Waals surface area contributed by atoms with Gasteiger partial charge in [0.25, 0.3) is 17.5 Å². The van der Waals surface area contributed by atoms with Crippen molar-refractivity contribution in [3.05, 3.63) is 75.5 Å². The summed E-state index contributed by atoms with van der Waals surface area (Å²) in [6, 6.07) is 14.0. The predicted molar refractivity (Wildman–Crippen MR) is 118 cm³/mol. The van der Waals surface area contributed by atoms with Crippen molar-refractivity contribution in [2.75, 3.05) is 18.0 Å². The molecule has 0 N–H and O–H groups in total. The minimum absolute atomic E-state index is 0.0863. The molecule has 8 nitrogen and oxygen atoms in total. The highest BCUT2D eigenvalue weighted by molar-refractivity contribution is 6.45. The summed E-state index contributed by atoms with van der Waals surface area (Å²) in [5.41, 5.74) is 1.76. The first-order valence-corrected chi connectivity index (χ1v) is 10.4. The highest BCUT2D eigenvalue weighted by Crippen LogP contribution is 2.37. The molecule has 2 aromatic rings. The Morgan fingerprint density at radius 3 is 2.09 bits per heavy atom. The number of hydrogen-bond donors (Lipinski definition) is 0. The van der Waals surface area contributed by atoms with E-state index in [1.807, 2.05) is 11.0 Å². The monoisotopic (exact) mass is 430 g/mol. The molecule has 162 valence electrons. The lowest BCUT2D eigenvalue weighted by molar-refractivity contribution is -0.384. The molecule has 0 aliphatic carbocycles. The molecule has 2 aliphatic heterocycles. The summed E-state index contributed by atoms with van der Waals surface area (Å²) in [5.74, 6) is -0.184. The van der Waals surface area contributed by atoms with E-state index in [9.17, 15) is 19.7 Å². The van der Waals surface area contributed by atoms with E-state index in [0.717, 1.165) is 11.3 Å². The average Bonchev–Trinajstić information content (AvgIpc) is 3.03. The minimum Gasteiger partial charge on any atom is -0.366 e. The number of nitrogens with zero attached hydrogens (tertiary/aromatic N) is 4. The quantitative estimate of drug-likeness (QED) is 0.416. The second-order valence-electron chi connectivity index (χ2n) is 8.48. The number of non-ortho nitro benzene ring substituents is 1. The fraction of sp³-hybridized carbons (Fsp3) is 0.292. The first kappa shape index (κ1) is 21.2. The third-order valence-corrected chi connectivity index (χ3v) is 5.87. The normalized spacial score (nSPS) is 21.2. The van der Waals surface area contributed by atoms with Crippen LogP contribution >= 0.6 is 0 Å². The van der Waals surface area contributed by atoms with E-state index < -0.39 is 16.7 Å². The van der Waals surface area contributed by atoms with Crippen LogP contribution in [0.3, 0.4) is 0 Å². The summed E-state index contributed by atoms with van der Waals surface area (Å²) >= 11 is 0. The molecule has 0 spiro atoms. The van der Waals surface area contributed by atoms with Crippen molar-refractivity contribution in [2.24, 2.45) is 11.8 Å². The molecule has 2 atom stereocenters. The zero-order chi connectivity index (χ0) is 23.0. The van der Waals surface area contributed by atoms with Gasteiger partial charge in [-0.1, -0.05) is 13.8 Å². The molecule has 2 unspecified atom stereocenters. The Morgan fingerprint density at radius 2 is 1.56 bits per heavy atom. The van der Waals surface area contributed by atoms with Gasteiger partial charge in [-0.2, -0.15) is 5.26 Å². The number of hydrogen-bond acceptors (Lipinski definition) is 6. The van der Waals surface area contributed by atoms with Gasteiger partial charge in [-0.15, -0.1) is 0 Å². The molecule has 2 heterocycles. The number of piperidine rings is 1. The zero-order valence-electron chi connectivity index (χ0n) is 17.8. The largest absolute Gasteiger partial charge is 0.366 e. The Hall–Kier alpha value is -3.99. The van der Waals surface area contributed by atoms with Crippen molar-refractivity contribution < 1.29 is 14.5 Å². The Balaban J connectivity index is 1.81. The second kappa shape index (κ2) is 8.27. The Labute approximate surface area is 185 Å². The van der Waals surface area contributed by atoms with Gasteiger partial charge in [0, 0.05) is 25.2 Å². The molecular formula is C24H22N4O4. The number of carbonyl (C=O) groups is 2. The Bertz CT molecular complexity index is 1150. The van der Waals surface area contributed by atoms with Crippen LogP contribution in [0.1, 0.15) is 31.4 Å². The molecular weight excluding hydrogens is 408 g/mol. The van der Waals surface area contributed by atoms with Crippen LogP contribution < -0.4 is 4.90 Å². The smallest absolute Gasteiger partial charge is 0.282 e. The molecule has 2 aliphatic rings. The number of likely N-dealkylation sites (tertiary alicyclic amines) is 1. The van der Waals surface area contributed by atoms with Crippen molar-refractivity contribution in [3.8, 4) is 6.07 Å². The highest BCUT2D eigenvalue weighted by Gasteiger charge is 2.43. The molecule has 0 bridgehead atoms. The van der Waals surface area contributed by atoms with E-state index in [-0.39, 0.29) is 11.3 Å². The third kappa shape index (κ3) is 3.73. The van der Waals surface area contributed by atoms with Crippen molar-refractivity contribution >= 4 is 28.8 Å². The fourth-order valence-corrected chi connectivity index (χ4v) is 4.59. The van der Waals surface area contributed by atoms with Gasteiger partial charge >= 0.3 is 0 Å². The summed E-state index contributed by atoms with van der Waals surface area (Å²) in [7, 11) is 0. The Kier molecular flexibility index (Phi) is 5.49. The van der Waals surface area contributed by atoms with Gasteiger partial charge in [-0.25, -0.2) is 4.90 Å². The number of rotatable bonds is 4. The number of carbonyl (C=O) groups excluding carboxylic acids is 2. The molecule has 8 heteroatoms. The SMILES string of the molecule is CC1CC(C)CN(C2=C(c3ccc([N+](=O)[O-])cc3)C(=O)N(c3ccc(C#N)cc3)C2=O)C1. The molecule has 32 heavy (non-hydrogen) atoms. The highest BCUT2D eigenvalue weighted by atomic mass is 16.6. The van der Waals surface area contributed by atoms with Crippen molar-refractivity contribution in [2.45, 2.75) is 20.3 Å². The lowest BCUT2D eigenvalue weighted by atomic mass is 9.91. The molecule has 0 saturated carbocycles. The van der Waals surface area contributed by atoms with Crippen LogP contribution in [0, 0.1) is 33.3 Å². The molecule has 1 saturated heterocycles. The van der Waals surface area contributed by atoms with Gasteiger partial charge in [0.15, 0.2) is 0 Å². The van der Waals surface area contributed by atoms with E-state index in [1.165, 1.54) is 24.3 Å². The van der Waals surface area contributed by atoms with E-state index in [1.54, 1.807) is 24.3 Å². The first-order valence-electron chi connectivity index (χ1n) is 10.4. The van der Waals surface area contributed by atoms with Gasteiger partial charge in [0.2, 0.25) is 0 Å². The van der Waals surface area contributed by atoms with E-state index in [4.69, 9.17) is 5.26 Å². The number of imide groups is 1. The van der Waals surface area contributed by atoms with Gasteiger partial charge in [0.05, 0.1) is 27.8 Å². The van der Waals surface area contributed by atoms with Crippen LogP contribution in [-0.4, -0.2) is 34.7 Å². The van der Waals surface area contributed by atoms with Crippen LogP contribution in [0.25, 0.3) is 5.57 Å². The van der Waals surface area contributed by atoms with Gasteiger partial charge < -0.3 is 4.90 Å². The zero-order valence-corrected chi connectivity index (χ0v) is 17.8. The number of nitro groups is 1. The molecule has 4 rings (SSSR count). The number of benzene rings is 2. The summed E-state index contributed by atoms with van der Waals surface area (Å²) in [4.78, 5) is 40.8. The van der Waals surface area contributed by atoms with E-state index >= 15 is 0 Å². The van der Waals surface area contributed by atoms with E-state index in [0.29, 0.717) is 47.4 Å². The second-order valence-corrected chi connectivity index (χ2v) is 8.48. The van der Waals surface area contributed by atoms with Gasteiger partial charge in [-0.05, 0) is 60.2 Å². The van der Waals surface area contributed by atoms with Crippen molar-refractivity contribution in [3.63, 3.8) is 0 Å². The molecule has 0 aromatic heterocycles. The van der Waals surface area contributed by atoms with Crippen LogP contribution in [-0.2, 0) is 9.59 Å².